The van der Waals surface area contributed by atoms with Gasteiger partial charge in [-0.05, 0) is 60.7 Å². The van der Waals surface area contributed by atoms with Crippen molar-refractivity contribution < 1.29 is 23.0 Å². The SMILES string of the molecule is O=C(N[C@H]([B]O)CC1CC1)[C@H](Cc1ccccc1)NS(=O)(=O)c1ccc(Oc2cccnc2)cc1. The first-order valence-corrected chi connectivity index (χ1v) is 12.9. The summed E-state index contributed by atoms with van der Waals surface area (Å²) in [5, 5.41) is 12.3. The van der Waals surface area contributed by atoms with Gasteiger partial charge in [0.05, 0.1) is 11.1 Å². The van der Waals surface area contributed by atoms with E-state index in [-0.39, 0.29) is 11.3 Å². The molecule has 8 nitrogen and oxygen atoms in total. The molecule has 0 spiro atoms. The highest BCUT2D eigenvalue weighted by molar-refractivity contribution is 7.89. The second-order valence-corrected chi connectivity index (χ2v) is 10.3. The molecule has 35 heavy (non-hydrogen) atoms. The van der Waals surface area contributed by atoms with Crippen LogP contribution in [-0.4, -0.2) is 43.8 Å². The Hall–Kier alpha value is -3.21. The van der Waals surface area contributed by atoms with Gasteiger partial charge in [0.1, 0.15) is 17.5 Å². The molecule has 1 amide bonds. The summed E-state index contributed by atoms with van der Waals surface area (Å²) < 4.78 is 34.5. The maximum atomic E-state index is 13.2. The summed E-state index contributed by atoms with van der Waals surface area (Å²) in [6.07, 6.45) is 6.12. The lowest BCUT2D eigenvalue weighted by Gasteiger charge is -2.22. The van der Waals surface area contributed by atoms with Crippen molar-refractivity contribution in [1.29, 1.82) is 0 Å². The van der Waals surface area contributed by atoms with E-state index < -0.39 is 27.9 Å². The van der Waals surface area contributed by atoms with Crippen molar-refractivity contribution >= 4 is 23.4 Å². The number of benzene rings is 2. The molecule has 3 N–H and O–H groups in total. The van der Waals surface area contributed by atoms with Crippen LogP contribution in [0, 0.1) is 5.92 Å². The zero-order valence-electron chi connectivity index (χ0n) is 19.1. The van der Waals surface area contributed by atoms with Crippen LogP contribution >= 0.6 is 0 Å². The maximum absolute atomic E-state index is 13.2. The number of nitrogens with zero attached hydrogens (tertiary/aromatic N) is 1. The van der Waals surface area contributed by atoms with E-state index in [2.05, 4.69) is 15.0 Å². The van der Waals surface area contributed by atoms with Gasteiger partial charge in [-0.3, -0.25) is 9.78 Å². The lowest BCUT2D eigenvalue weighted by molar-refractivity contribution is -0.123. The van der Waals surface area contributed by atoms with Gasteiger partial charge in [0.25, 0.3) is 0 Å². The highest BCUT2D eigenvalue weighted by Gasteiger charge is 2.31. The molecule has 0 bridgehead atoms. The number of sulfonamides is 1. The molecule has 0 aliphatic heterocycles. The van der Waals surface area contributed by atoms with Crippen LogP contribution in [-0.2, 0) is 21.2 Å². The third-order valence-electron chi connectivity index (χ3n) is 5.69. The van der Waals surface area contributed by atoms with Gasteiger partial charge >= 0.3 is 7.48 Å². The van der Waals surface area contributed by atoms with E-state index in [9.17, 15) is 18.2 Å². The minimum atomic E-state index is -4.02. The number of aromatic nitrogens is 1. The van der Waals surface area contributed by atoms with E-state index in [0.717, 1.165) is 25.9 Å². The standard InChI is InChI=1S/C25H27BN3O5S/c30-25(28-24(26-31)16-19-8-9-19)23(15-18-5-2-1-3-6-18)29-35(32,33)22-12-10-20(11-13-22)34-21-7-4-14-27-17-21/h1-7,10-14,17,19,23-24,29,31H,8-9,15-16H2,(H,28,30)/t23-,24-/m0/s1. The smallest absolute Gasteiger partial charge is 0.311 e. The quantitative estimate of drug-likeness (QED) is 0.335. The van der Waals surface area contributed by atoms with Gasteiger partial charge in [0, 0.05) is 12.1 Å². The largest absolute Gasteiger partial charge is 0.456 e. The van der Waals surface area contributed by atoms with Crippen molar-refractivity contribution in [2.75, 3.05) is 0 Å². The Morgan fingerprint density at radius 2 is 1.80 bits per heavy atom. The molecule has 1 fully saturated rings. The third-order valence-corrected chi connectivity index (χ3v) is 7.18. The summed E-state index contributed by atoms with van der Waals surface area (Å²) in [4.78, 5) is 17.1. The lowest BCUT2D eigenvalue weighted by Crippen LogP contribution is -2.52. The summed E-state index contributed by atoms with van der Waals surface area (Å²) in [6, 6.07) is 17.5. The minimum Gasteiger partial charge on any atom is -0.456 e. The van der Waals surface area contributed by atoms with Gasteiger partial charge in [-0.1, -0.05) is 43.2 Å². The first-order valence-electron chi connectivity index (χ1n) is 11.4. The number of amides is 1. The number of nitrogens with one attached hydrogen (secondary N) is 2. The Morgan fingerprint density at radius 3 is 2.43 bits per heavy atom. The summed E-state index contributed by atoms with van der Waals surface area (Å²) in [5.41, 5.74) is 0.808. The molecule has 1 aliphatic carbocycles. The van der Waals surface area contributed by atoms with Crippen LogP contribution in [0.15, 0.2) is 84.0 Å². The van der Waals surface area contributed by atoms with Gasteiger partial charge < -0.3 is 15.1 Å². The van der Waals surface area contributed by atoms with Crippen LogP contribution in [0.5, 0.6) is 11.5 Å². The van der Waals surface area contributed by atoms with Crippen molar-refractivity contribution in [3.05, 3.63) is 84.7 Å². The van der Waals surface area contributed by atoms with Gasteiger partial charge in [0.15, 0.2) is 0 Å². The molecular weight excluding hydrogens is 465 g/mol. The van der Waals surface area contributed by atoms with Gasteiger partial charge in [-0.15, -0.1) is 0 Å². The Bertz CT molecular complexity index is 1210. The highest BCUT2D eigenvalue weighted by Crippen LogP contribution is 2.33. The number of carbonyl (C=O) groups is 1. The number of pyridine rings is 1. The molecule has 10 heteroatoms. The predicted octanol–water partition coefficient (Wildman–Crippen LogP) is 2.62. The Kier molecular flexibility index (Phi) is 8.17. The molecule has 3 aromatic rings. The van der Waals surface area contributed by atoms with E-state index in [4.69, 9.17) is 4.74 Å². The monoisotopic (exact) mass is 492 g/mol. The lowest BCUT2D eigenvalue weighted by atomic mass is 9.84. The fourth-order valence-corrected chi connectivity index (χ4v) is 4.87. The van der Waals surface area contributed by atoms with Gasteiger partial charge in [0.2, 0.25) is 15.9 Å². The number of ether oxygens (including phenoxy) is 1. The van der Waals surface area contributed by atoms with Crippen molar-refractivity contribution in [2.45, 2.75) is 42.6 Å². The van der Waals surface area contributed by atoms with E-state index in [1.807, 2.05) is 30.3 Å². The van der Waals surface area contributed by atoms with E-state index in [0.29, 0.717) is 23.8 Å². The van der Waals surface area contributed by atoms with Crippen LogP contribution < -0.4 is 14.8 Å². The fraction of sp³-hybridized carbons (Fsp3) is 0.280. The topological polar surface area (TPSA) is 118 Å². The molecule has 4 rings (SSSR count). The van der Waals surface area contributed by atoms with Crippen molar-refractivity contribution in [3.8, 4) is 11.5 Å². The third kappa shape index (κ3) is 7.39. The zero-order valence-corrected chi connectivity index (χ0v) is 19.9. The second-order valence-electron chi connectivity index (χ2n) is 8.57. The summed E-state index contributed by atoms with van der Waals surface area (Å²) in [6.45, 7) is 0. The zero-order chi connectivity index (χ0) is 24.7. The van der Waals surface area contributed by atoms with E-state index in [1.54, 1.807) is 36.7 Å². The highest BCUT2D eigenvalue weighted by atomic mass is 32.2. The van der Waals surface area contributed by atoms with Gasteiger partial charge in [-0.25, -0.2) is 8.42 Å². The summed E-state index contributed by atoms with van der Waals surface area (Å²) >= 11 is 0. The van der Waals surface area contributed by atoms with Crippen molar-refractivity contribution in [3.63, 3.8) is 0 Å². The number of hydrogen-bond acceptors (Lipinski definition) is 6. The second kappa shape index (κ2) is 11.5. The molecule has 2 aromatic carbocycles. The van der Waals surface area contributed by atoms with E-state index in [1.165, 1.54) is 12.1 Å². The first kappa shape index (κ1) is 24.9. The predicted molar refractivity (Wildman–Crippen MR) is 132 cm³/mol. The summed E-state index contributed by atoms with van der Waals surface area (Å²) in [7, 11) is -3.06. The molecule has 0 saturated heterocycles. The molecule has 1 aliphatic rings. The van der Waals surface area contributed by atoms with Crippen LogP contribution in [0.3, 0.4) is 0 Å². The fourth-order valence-electron chi connectivity index (χ4n) is 3.68. The van der Waals surface area contributed by atoms with Crippen LogP contribution in [0.2, 0.25) is 0 Å². The molecule has 2 atom stereocenters. The summed E-state index contributed by atoms with van der Waals surface area (Å²) in [5.74, 6) is 0.436. The average Bonchev–Trinajstić information content (AvgIpc) is 3.69. The molecule has 0 unspecified atom stereocenters. The maximum Gasteiger partial charge on any atom is 0.311 e. The molecule has 1 aromatic heterocycles. The van der Waals surface area contributed by atoms with Crippen LogP contribution in [0.25, 0.3) is 0 Å². The normalized spacial score (nSPS) is 15.1. The molecule has 1 saturated carbocycles. The number of hydrogen-bond donors (Lipinski definition) is 3. The van der Waals surface area contributed by atoms with Crippen molar-refractivity contribution in [2.24, 2.45) is 5.92 Å². The Morgan fingerprint density at radius 1 is 1.06 bits per heavy atom. The van der Waals surface area contributed by atoms with E-state index >= 15 is 0 Å². The van der Waals surface area contributed by atoms with Crippen LogP contribution in [0.4, 0.5) is 0 Å². The molecular formula is C25H27BN3O5S. The minimum absolute atomic E-state index is 0.00477. The Balaban J connectivity index is 1.48. The van der Waals surface area contributed by atoms with Crippen LogP contribution in [0.1, 0.15) is 24.8 Å². The number of rotatable bonds is 12. The van der Waals surface area contributed by atoms with Crippen molar-refractivity contribution in [1.82, 2.24) is 15.0 Å². The average molecular weight is 492 g/mol. The first-order chi connectivity index (χ1) is 16.9. The number of carbonyl (C=O) groups excluding carboxylic acids is 1. The molecule has 181 valence electrons. The molecule has 1 heterocycles. The Labute approximate surface area is 206 Å². The van der Waals surface area contributed by atoms with Gasteiger partial charge in [-0.2, -0.15) is 4.72 Å². The molecule has 1 radical (unpaired) electrons.